The highest BCUT2D eigenvalue weighted by Crippen LogP contribution is 2.20. The smallest absolute Gasteiger partial charge is 0.326 e. The Morgan fingerprint density at radius 2 is 1.79 bits per heavy atom. The molecule has 0 aliphatic carbocycles. The first-order chi connectivity index (χ1) is 13.6. The number of fused-ring (bicyclic) bond motifs is 1. The molecule has 8 heteroatoms. The number of esters is 1. The van der Waals surface area contributed by atoms with Crippen molar-refractivity contribution in [2.45, 2.75) is 13.0 Å². The summed E-state index contributed by atoms with van der Waals surface area (Å²) in [7, 11) is 0. The zero-order valence-electron chi connectivity index (χ0n) is 14.7. The zero-order chi connectivity index (χ0) is 19.5. The molecular weight excluding hydrogens is 362 g/mol. The van der Waals surface area contributed by atoms with Crippen LogP contribution in [0.4, 0.5) is 0 Å². The van der Waals surface area contributed by atoms with Crippen molar-refractivity contribution in [3.63, 3.8) is 0 Å². The topological polar surface area (TPSA) is 103 Å². The van der Waals surface area contributed by atoms with Gasteiger partial charge in [0.25, 0.3) is 11.8 Å². The number of nitrogens with zero attached hydrogens (tertiary/aromatic N) is 3. The van der Waals surface area contributed by atoms with Crippen LogP contribution in [-0.2, 0) is 27.4 Å². The van der Waals surface area contributed by atoms with Crippen LogP contribution in [0.1, 0.15) is 21.8 Å². The van der Waals surface area contributed by atoms with E-state index in [-0.39, 0.29) is 18.9 Å². The molecule has 3 aromatic rings. The highest BCUT2D eigenvalue weighted by atomic mass is 16.5. The molecule has 0 unspecified atom stereocenters. The minimum absolute atomic E-state index is 0.0687. The van der Waals surface area contributed by atoms with E-state index in [1.807, 2.05) is 30.3 Å². The highest BCUT2D eigenvalue weighted by molar-refractivity contribution is 6.11. The van der Waals surface area contributed by atoms with E-state index in [0.717, 1.165) is 10.5 Å². The van der Waals surface area contributed by atoms with Crippen LogP contribution in [0, 0.1) is 0 Å². The quantitative estimate of drug-likeness (QED) is 0.495. The number of aromatic nitrogens is 2. The first kappa shape index (κ1) is 17.6. The van der Waals surface area contributed by atoms with Crippen molar-refractivity contribution in [3.05, 3.63) is 71.6 Å². The lowest BCUT2D eigenvalue weighted by Gasteiger charge is -2.25. The summed E-state index contributed by atoms with van der Waals surface area (Å²) < 4.78 is 10.5. The van der Waals surface area contributed by atoms with Crippen molar-refractivity contribution in [1.82, 2.24) is 15.1 Å². The molecule has 2 heterocycles. The number of carbonyl (C=O) groups excluding carboxylic acids is 3. The van der Waals surface area contributed by atoms with Crippen molar-refractivity contribution in [3.8, 4) is 11.5 Å². The molecule has 1 aliphatic heterocycles. The number of rotatable bonds is 5. The third kappa shape index (κ3) is 3.52. The molecule has 0 spiro atoms. The molecule has 0 N–H and O–H groups in total. The van der Waals surface area contributed by atoms with Gasteiger partial charge in [0.15, 0.2) is 6.61 Å². The van der Waals surface area contributed by atoms with E-state index in [1.165, 1.54) is 0 Å². The summed E-state index contributed by atoms with van der Waals surface area (Å²) in [5.74, 6) is -1.25. The standard InChI is InChI=1S/C20H15N3O5/c24-17-10-14-8-4-5-9-15(14)20(26)23(17)11-18(25)27-12-16-21-22-19(28-16)13-6-2-1-3-7-13/h1-9H,10-12H2. The Morgan fingerprint density at radius 3 is 2.61 bits per heavy atom. The van der Waals surface area contributed by atoms with E-state index in [1.54, 1.807) is 24.3 Å². The second kappa shape index (κ2) is 7.43. The molecule has 0 saturated carbocycles. The molecule has 8 nitrogen and oxygen atoms in total. The molecule has 0 radical (unpaired) electrons. The molecule has 4 rings (SSSR count). The van der Waals surface area contributed by atoms with Crippen molar-refractivity contribution in [2.24, 2.45) is 0 Å². The summed E-state index contributed by atoms with van der Waals surface area (Å²) >= 11 is 0. The number of hydrogen-bond donors (Lipinski definition) is 0. The summed E-state index contributed by atoms with van der Waals surface area (Å²) in [5.41, 5.74) is 1.82. The Balaban J connectivity index is 1.37. The van der Waals surface area contributed by atoms with Crippen LogP contribution >= 0.6 is 0 Å². The van der Waals surface area contributed by atoms with Gasteiger partial charge in [0.2, 0.25) is 11.8 Å². The Bertz CT molecular complexity index is 1040. The highest BCUT2D eigenvalue weighted by Gasteiger charge is 2.32. The lowest BCUT2D eigenvalue weighted by Crippen LogP contribution is -2.45. The van der Waals surface area contributed by atoms with E-state index >= 15 is 0 Å². The third-order valence-electron chi connectivity index (χ3n) is 4.27. The van der Waals surface area contributed by atoms with Gasteiger partial charge in [-0.2, -0.15) is 0 Å². The minimum Gasteiger partial charge on any atom is -0.454 e. The first-order valence-electron chi connectivity index (χ1n) is 8.58. The maximum Gasteiger partial charge on any atom is 0.326 e. The summed E-state index contributed by atoms with van der Waals surface area (Å²) in [5, 5.41) is 7.73. The van der Waals surface area contributed by atoms with E-state index < -0.39 is 24.3 Å². The number of ether oxygens (including phenoxy) is 1. The van der Waals surface area contributed by atoms with E-state index in [4.69, 9.17) is 9.15 Å². The second-order valence-corrected chi connectivity index (χ2v) is 6.15. The van der Waals surface area contributed by atoms with Gasteiger partial charge in [-0.3, -0.25) is 19.3 Å². The Hall–Kier alpha value is -3.81. The van der Waals surface area contributed by atoms with Gasteiger partial charge in [0, 0.05) is 11.1 Å². The van der Waals surface area contributed by atoms with Crippen LogP contribution in [0.3, 0.4) is 0 Å². The Morgan fingerprint density at radius 1 is 1.04 bits per heavy atom. The number of hydrogen-bond acceptors (Lipinski definition) is 7. The molecule has 1 aliphatic rings. The van der Waals surface area contributed by atoms with Gasteiger partial charge in [-0.15, -0.1) is 10.2 Å². The Labute approximate surface area is 159 Å². The SMILES string of the molecule is O=C(CN1C(=O)Cc2ccccc2C1=O)OCc1nnc(-c2ccccc2)o1. The first-order valence-corrected chi connectivity index (χ1v) is 8.58. The number of imide groups is 1. The maximum atomic E-state index is 12.5. The van der Waals surface area contributed by atoms with Gasteiger partial charge in [-0.25, -0.2) is 0 Å². The second-order valence-electron chi connectivity index (χ2n) is 6.15. The summed E-state index contributed by atoms with van der Waals surface area (Å²) in [4.78, 5) is 37.7. The van der Waals surface area contributed by atoms with Gasteiger partial charge >= 0.3 is 5.97 Å². The molecule has 2 amide bonds. The van der Waals surface area contributed by atoms with Crippen LogP contribution < -0.4 is 0 Å². The predicted octanol–water partition coefficient (Wildman–Crippen LogP) is 2.00. The van der Waals surface area contributed by atoms with Crippen molar-refractivity contribution in [2.75, 3.05) is 6.54 Å². The van der Waals surface area contributed by atoms with Gasteiger partial charge in [0.1, 0.15) is 6.54 Å². The van der Waals surface area contributed by atoms with Crippen molar-refractivity contribution in [1.29, 1.82) is 0 Å². The van der Waals surface area contributed by atoms with Crippen LogP contribution in [0.5, 0.6) is 0 Å². The molecule has 0 bridgehead atoms. The molecule has 28 heavy (non-hydrogen) atoms. The fourth-order valence-electron chi connectivity index (χ4n) is 2.89. The van der Waals surface area contributed by atoms with Gasteiger partial charge in [-0.05, 0) is 23.8 Å². The van der Waals surface area contributed by atoms with Gasteiger partial charge in [-0.1, -0.05) is 36.4 Å². The van der Waals surface area contributed by atoms with Crippen molar-refractivity contribution >= 4 is 17.8 Å². The van der Waals surface area contributed by atoms with E-state index in [9.17, 15) is 14.4 Å². The zero-order valence-corrected chi connectivity index (χ0v) is 14.7. The molecule has 140 valence electrons. The molecule has 0 fully saturated rings. The molecule has 2 aromatic carbocycles. The monoisotopic (exact) mass is 377 g/mol. The van der Waals surface area contributed by atoms with Crippen LogP contribution in [0.2, 0.25) is 0 Å². The van der Waals surface area contributed by atoms with E-state index in [0.29, 0.717) is 17.0 Å². The Kier molecular flexibility index (Phi) is 4.67. The van der Waals surface area contributed by atoms with Crippen LogP contribution in [0.15, 0.2) is 59.0 Å². The number of benzene rings is 2. The largest absolute Gasteiger partial charge is 0.454 e. The predicted molar refractivity (Wildman–Crippen MR) is 95.7 cm³/mol. The van der Waals surface area contributed by atoms with Gasteiger partial charge < -0.3 is 9.15 Å². The normalized spacial score (nSPS) is 13.4. The fourth-order valence-corrected chi connectivity index (χ4v) is 2.89. The summed E-state index contributed by atoms with van der Waals surface area (Å²) in [6.45, 7) is -0.711. The lowest BCUT2D eigenvalue weighted by atomic mass is 9.98. The maximum absolute atomic E-state index is 12.5. The average molecular weight is 377 g/mol. The number of carbonyl (C=O) groups is 3. The molecule has 1 aromatic heterocycles. The third-order valence-corrected chi connectivity index (χ3v) is 4.27. The minimum atomic E-state index is -0.736. The summed E-state index contributed by atoms with van der Waals surface area (Å²) in [6, 6.07) is 16.0. The molecular formula is C20H15N3O5. The average Bonchev–Trinajstić information content (AvgIpc) is 3.19. The van der Waals surface area contributed by atoms with E-state index in [2.05, 4.69) is 10.2 Å². The van der Waals surface area contributed by atoms with Crippen LogP contribution in [-0.4, -0.2) is 39.4 Å². The van der Waals surface area contributed by atoms with Crippen molar-refractivity contribution < 1.29 is 23.5 Å². The van der Waals surface area contributed by atoms with Gasteiger partial charge in [0.05, 0.1) is 6.42 Å². The molecule has 0 atom stereocenters. The summed E-state index contributed by atoms with van der Waals surface area (Å²) in [6.07, 6.45) is 0.0687. The lowest BCUT2D eigenvalue weighted by molar-refractivity contribution is -0.149. The fraction of sp³-hybridized carbons (Fsp3) is 0.150. The van der Waals surface area contributed by atoms with Crippen LogP contribution in [0.25, 0.3) is 11.5 Å². The molecule has 0 saturated heterocycles. The number of amides is 2.